The molecule has 0 radical (unpaired) electrons. The molecule has 2 aromatic rings. The van der Waals surface area contributed by atoms with Gasteiger partial charge in [-0.15, -0.1) is 0 Å². The minimum atomic E-state index is -0.457. The summed E-state index contributed by atoms with van der Waals surface area (Å²) < 4.78 is 19.0. The summed E-state index contributed by atoms with van der Waals surface area (Å²) in [5.74, 6) is -0.833. The van der Waals surface area contributed by atoms with Gasteiger partial charge in [-0.3, -0.25) is 4.79 Å². The van der Waals surface area contributed by atoms with Crippen LogP contribution in [-0.4, -0.2) is 54.5 Å². The number of carbonyl (C=O) groups excluding carboxylic acids is 2. The van der Waals surface area contributed by atoms with E-state index in [1.54, 1.807) is 43.9 Å². The van der Waals surface area contributed by atoms with Crippen molar-refractivity contribution >= 4 is 17.6 Å². The number of esters is 1. The minimum absolute atomic E-state index is 0.120. The molecule has 0 aliphatic carbocycles. The number of benzene rings is 1. The molecule has 0 spiro atoms. The van der Waals surface area contributed by atoms with Gasteiger partial charge in [-0.2, -0.15) is 0 Å². The summed E-state index contributed by atoms with van der Waals surface area (Å²) in [6, 6.07) is 6.66. The zero-order valence-corrected chi connectivity index (χ0v) is 15.8. The van der Waals surface area contributed by atoms with Gasteiger partial charge < -0.3 is 19.5 Å². The van der Waals surface area contributed by atoms with Gasteiger partial charge >= 0.3 is 5.97 Å². The maximum Gasteiger partial charge on any atom is 0.355 e. The Morgan fingerprint density at radius 2 is 1.81 bits per heavy atom. The molecule has 1 saturated heterocycles. The average Bonchev–Trinajstić information content (AvgIpc) is 2.96. The van der Waals surface area contributed by atoms with E-state index in [4.69, 9.17) is 4.74 Å². The second kappa shape index (κ2) is 7.82. The predicted molar refractivity (Wildman–Crippen MR) is 101 cm³/mol. The SMILES string of the molecule is CCOC(=O)c1[nH]c(C)c(C(=O)N2CCN(c3ccccc3F)CC2)c1C. The number of carbonyl (C=O) groups is 2. The van der Waals surface area contributed by atoms with Gasteiger partial charge in [0.15, 0.2) is 0 Å². The van der Waals surface area contributed by atoms with Crippen molar-refractivity contribution in [3.05, 3.63) is 52.6 Å². The molecule has 0 bridgehead atoms. The Kier molecular flexibility index (Phi) is 5.48. The number of rotatable bonds is 4. The smallest absolute Gasteiger partial charge is 0.355 e. The Labute approximate surface area is 157 Å². The van der Waals surface area contributed by atoms with Crippen molar-refractivity contribution in [1.82, 2.24) is 9.88 Å². The number of nitrogens with one attached hydrogen (secondary N) is 1. The molecule has 1 amide bonds. The molecule has 1 aromatic carbocycles. The highest BCUT2D eigenvalue weighted by Gasteiger charge is 2.28. The van der Waals surface area contributed by atoms with Crippen molar-refractivity contribution in [2.24, 2.45) is 0 Å². The first kappa shape index (κ1) is 18.9. The summed E-state index contributed by atoms with van der Waals surface area (Å²) in [5.41, 5.74) is 2.65. The third-order valence-corrected chi connectivity index (χ3v) is 4.89. The maximum atomic E-state index is 14.0. The lowest BCUT2D eigenvalue weighted by Gasteiger charge is -2.36. The van der Waals surface area contributed by atoms with Gasteiger partial charge in [0.1, 0.15) is 11.5 Å². The molecular formula is C20H24FN3O3. The number of aryl methyl sites for hydroxylation is 1. The first-order chi connectivity index (χ1) is 12.9. The number of hydrogen-bond acceptors (Lipinski definition) is 4. The summed E-state index contributed by atoms with van der Waals surface area (Å²) in [7, 11) is 0. The van der Waals surface area contributed by atoms with Crippen LogP contribution in [0.2, 0.25) is 0 Å². The van der Waals surface area contributed by atoms with E-state index in [0.29, 0.717) is 54.4 Å². The zero-order valence-electron chi connectivity index (χ0n) is 15.8. The molecule has 0 saturated carbocycles. The van der Waals surface area contributed by atoms with Crippen LogP contribution in [0.1, 0.15) is 39.0 Å². The molecule has 2 heterocycles. The lowest BCUT2D eigenvalue weighted by molar-refractivity contribution is 0.0519. The number of aromatic amines is 1. The lowest BCUT2D eigenvalue weighted by atomic mass is 10.1. The van der Waals surface area contributed by atoms with E-state index in [-0.39, 0.29) is 18.3 Å². The van der Waals surface area contributed by atoms with Gasteiger partial charge in [0, 0.05) is 31.9 Å². The highest BCUT2D eigenvalue weighted by molar-refractivity contribution is 6.01. The van der Waals surface area contributed by atoms with E-state index in [1.165, 1.54) is 6.07 Å². The van der Waals surface area contributed by atoms with Crippen molar-refractivity contribution in [2.45, 2.75) is 20.8 Å². The predicted octanol–water partition coefficient (Wildman–Crippen LogP) is 2.91. The van der Waals surface area contributed by atoms with Crippen molar-refractivity contribution in [1.29, 1.82) is 0 Å². The van der Waals surface area contributed by atoms with E-state index in [9.17, 15) is 14.0 Å². The number of halogens is 1. The fourth-order valence-electron chi connectivity index (χ4n) is 3.49. The largest absolute Gasteiger partial charge is 0.461 e. The van der Waals surface area contributed by atoms with E-state index in [0.717, 1.165) is 0 Å². The van der Waals surface area contributed by atoms with Crippen LogP contribution < -0.4 is 4.90 Å². The van der Waals surface area contributed by atoms with Gasteiger partial charge in [-0.05, 0) is 38.5 Å². The molecule has 1 aromatic heterocycles. The number of amides is 1. The van der Waals surface area contributed by atoms with Crippen LogP contribution in [0.15, 0.2) is 24.3 Å². The number of anilines is 1. The highest BCUT2D eigenvalue weighted by atomic mass is 19.1. The molecule has 144 valence electrons. The molecule has 0 atom stereocenters. The van der Waals surface area contributed by atoms with Crippen LogP contribution in [0.4, 0.5) is 10.1 Å². The van der Waals surface area contributed by atoms with Gasteiger partial charge in [-0.1, -0.05) is 12.1 Å². The summed E-state index contributed by atoms with van der Waals surface area (Å²) in [5, 5.41) is 0. The third kappa shape index (κ3) is 3.67. The lowest BCUT2D eigenvalue weighted by Crippen LogP contribution is -2.49. The Hall–Kier alpha value is -2.83. The maximum absolute atomic E-state index is 14.0. The number of piperazine rings is 1. The summed E-state index contributed by atoms with van der Waals surface area (Å²) in [6.45, 7) is 7.64. The molecule has 6 nitrogen and oxygen atoms in total. The first-order valence-corrected chi connectivity index (χ1v) is 9.09. The Balaban J connectivity index is 1.73. The van der Waals surface area contributed by atoms with Gasteiger partial charge in [0.05, 0.1) is 17.9 Å². The average molecular weight is 373 g/mol. The van der Waals surface area contributed by atoms with Crippen LogP contribution >= 0.6 is 0 Å². The van der Waals surface area contributed by atoms with Crippen molar-refractivity contribution in [2.75, 3.05) is 37.7 Å². The Morgan fingerprint density at radius 3 is 2.44 bits per heavy atom. The number of nitrogens with zero attached hydrogens (tertiary/aromatic N) is 2. The van der Waals surface area contributed by atoms with E-state index < -0.39 is 5.97 Å². The van der Waals surface area contributed by atoms with Gasteiger partial charge in [0.2, 0.25) is 0 Å². The number of aromatic nitrogens is 1. The number of ether oxygens (including phenoxy) is 1. The number of hydrogen-bond donors (Lipinski definition) is 1. The topological polar surface area (TPSA) is 65.6 Å². The van der Waals surface area contributed by atoms with E-state index in [1.807, 2.05) is 4.90 Å². The molecule has 1 aliphatic rings. The molecule has 1 aliphatic heterocycles. The Morgan fingerprint density at radius 1 is 1.15 bits per heavy atom. The monoisotopic (exact) mass is 373 g/mol. The number of para-hydroxylation sites is 1. The molecule has 3 rings (SSSR count). The Bertz CT molecular complexity index is 854. The zero-order chi connectivity index (χ0) is 19.6. The molecule has 27 heavy (non-hydrogen) atoms. The van der Waals surface area contributed by atoms with E-state index in [2.05, 4.69) is 4.98 Å². The summed E-state index contributed by atoms with van der Waals surface area (Å²) in [6.07, 6.45) is 0. The summed E-state index contributed by atoms with van der Waals surface area (Å²) in [4.78, 5) is 31.7. The molecular weight excluding hydrogens is 349 g/mol. The normalized spacial score (nSPS) is 14.4. The molecule has 7 heteroatoms. The van der Waals surface area contributed by atoms with E-state index >= 15 is 0 Å². The molecule has 0 unspecified atom stereocenters. The fourth-order valence-corrected chi connectivity index (χ4v) is 3.49. The second-order valence-corrected chi connectivity index (χ2v) is 6.58. The first-order valence-electron chi connectivity index (χ1n) is 9.09. The van der Waals surface area contributed by atoms with Gasteiger partial charge in [0.25, 0.3) is 5.91 Å². The summed E-state index contributed by atoms with van der Waals surface area (Å²) >= 11 is 0. The second-order valence-electron chi connectivity index (χ2n) is 6.58. The van der Waals surface area contributed by atoms with Crippen LogP contribution in [0.5, 0.6) is 0 Å². The van der Waals surface area contributed by atoms with Crippen molar-refractivity contribution in [3.63, 3.8) is 0 Å². The van der Waals surface area contributed by atoms with Crippen molar-refractivity contribution in [3.8, 4) is 0 Å². The standard InChI is InChI=1S/C20H24FN3O3/c1-4-27-20(26)18-13(2)17(14(3)22-18)19(25)24-11-9-23(10-12-24)16-8-6-5-7-15(16)21/h5-8,22H,4,9-12H2,1-3H3. The van der Waals surface area contributed by atoms with Crippen LogP contribution in [0.3, 0.4) is 0 Å². The molecule has 1 N–H and O–H groups in total. The van der Waals surface area contributed by atoms with Gasteiger partial charge in [-0.25, -0.2) is 9.18 Å². The van der Waals surface area contributed by atoms with Crippen LogP contribution in [0, 0.1) is 19.7 Å². The fraction of sp³-hybridized carbons (Fsp3) is 0.400. The van der Waals surface area contributed by atoms with Crippen molar-refractivity contribution < 1.29 is 18.7 Å². The third-order valence-electron chi connectivity index (χ3n) is 4.89. The van der Waals surface area contributed by atoms with Crippen LogP contribution in [-0.2, 0) is 4.74 Å². The molecule has 1 fully saturated rings. The van der Waals surface area contributed by atoms with Crippen LogP contribution in [0.25, 0.3) is 0 Å². The highest BCUT2D eigenvalue weighted by Crippen LogP contribution is 2.24. The quantitative estimate of drug-likeness (QED) is 0.837. The minimum Gasteiger partial charge on any atom is -0.461 e. The number of H-pyrrole nitrogens is 1.